The maximum atomic E-state index is 13.1. The predicted molar refractivity (Wildman–Crippen MR) is 111 cm³/mol. The van der Waals surface area contributed by atoms with Gasteiger partial charge in [-0.3, -0.25) is 9.59 Å². The van der Waals surface area contributed by atoms with Gasteiger partial charge in [-0.05, 0) is 48.2 Å². The summed E-state index contributed by atoms with van der Waals surface area (Å²) in [6, 6.07) is 11.2. The SMILES string of the molecule is COc1ccc(C(C#N)NC(=O)[C@@H]2CCCN2C(=O)Cc2ccc(F)cc2)cc1OC. The molecule has 0 spiro atoms. The Hall–Kier alpha value is -3.60. The molecule has 8 heteroatoms. The van der Waals surface area contributed by atoms with Crippen molar-refractivity contribution in [3.63, 3.8) is 0 Å². The van der Waals surface area contributed by atoms with E-state index in [1.54, 1.807) is 30.3 Å². The van der Waals surface area contributed by atoms with E-state index < -0.39 is 12.1 Å². The van der Waals surface area contributed by atoms with E-state index in [1.165, 1.54) is 31.3 Å². The first-order chi connectivity index (χ1) is 15.0. The Labute approximate surface area is 180 Å². The summed E-state index contributed by atoms with van der Waals surface area (Å²) in [4.78, 5) is 27.2. The van der Waals surface area contributed by atoms with Crippen molar-refractivity contribution >= 4 is 11.8 Å². The van der Waals surface area contributed by atoms with E-state index in [9.17, 15) is 19.2 Å². The number of benzene rings is 2. The number of rotatable bonds is 7. The maximum Gasteiger partial charge on any atom is 0.244 e. The van der Waals surface area contributed by atoms with Crippen molar-refractivity contribution in [3.8, 4) is 17.6 Å². The van der Waals surface area contributed by atoms with Crippen LogP contribution in [0.1, 0.15) is 30.0 Å². The van der Waals surface area contributed by atoms with Gasteiger partial charge in [0, 0.05) is 6.54 Å². The van der Waals surface area contributed by atoms with E-state index in [0.29, 0.717) is 42.0 Å². The molecular weight excluding hydrogens is 401 g/mol. The first kappa shape index (κ1) is 22.1. The molecule has 1 aliphatic heterocycles. The van der Waals surface area contributed by atoms with Crippen LogP contribution in [-0.2, 0) is 16.0 Å². The Bertz CT molecular complexity index is 987. The van der Waals surface area contributed by atoms with E-state index in [4.69, 9.17) is 9.47 Å². The molecule has 1 N–H and O–H groups in total. The molecule has 0 saturated carbocycles. The van der Waals surface area contributed by atoms with Crippen LogP contribution in [0.5, 0.6) is 11.5 Å². The minimum atomic E-state index is -0.901. The molecule has 1 aliphatic rings. The molecular formula is C23H24FN3O4. The number of halogens is 1. The van der Waals surface area contributed by atoms with Crippen molar-refractivity contribution in [2.75, 3.05) is 20.8 Å². The lowest BCUT2D eigenvalue weighted by Crippen LogP contribution is -2.47. The molecule has 31 heavy (non-hydrogen) atoms. The highest BCUT2D eigenvalue weighted by molar-refractivity contribution is 5.89. The van der Waals surface area contributed by atoms with Crippen LogP contribution in [0.2, 0.25) is 0 Å². The van der Waals surface area contributed by atoms with E-state index in [1.807, 2.05) is 0 Å². The number of ether oxygens (including phenoxy) is 2. The number of hydrogen-bond donors (Lipinski definition) is 1. The van der Waals surface area contributed by atoms with Gasteiger partial charge in [0.05, 0.1) is 26.7 Å². The van der Waals surface area contributed by atoms with Crippen molar-refractivity contribution in [2.24, 2.45) is 0 Å². The second-order valence-electron chi connectivity index (χ2n) is 7.23. The lowest BCUT2D eigenvalue weighted by Gasteiger charge is -2.25. The number of methoxy groups -OCH3 is 2. The second-order valence-corrected chi connectivity index (χ2v) is 7.23. The Morgan fingerprint density at radius 2 is 1.90 bits per heavy atom. The van der Waals surface area contributed by atoms with Gasteiger partial charge in [-0.25, -0.2) is 4.39 Å². The molecule has 1 unspecified atom stereocenters. The van der Waals surface area contributed by atoms with Crippen molar-refractivity contribution in [2.45, 2.75) is 31.3 Å². The summed E-state index contributed by atoms with van der Waals surface area (Å²) in [7, 11) is 3.00. The molecule has 3 rings (SSSR count). The number of nitrogens with zero attached hydrogens (tertiary/aromatic N) is 2. The highest BCUT2D eigenvalue weighted by atomic mass is 19.1. The third-order valence-electron chi connectivity index (χ3n) is 5.30. The molecule has 2 aromatic carbocycles. The van der Waals surface area contributed by atoms with Crippen LogP contribution in [0.3, 0.4) is 0 Å². The molecule has 0 aliphatic carbocycles. The fraction of sp³-hybridized carbons (Fsp3) is 0.348. The largest absolute Gasteiger partial charge is 0.493 e. The van der Waals surface area contributed by atoms with Gasteiger partial charge in [0.15, 0.2) is 11.5 Å². The number of nitrogens with one attached hydrogen (secondary N) is 1. The molecule has 2 amide bonds. The maximum absolute atomic E-state index is 13.1. The number of likely N-dealkylation sites (tertiary alicyclic amines) is 1. The van der Waals surface area contributed by atoms with Crippen molar-refractivity contribution in [3.05, 3.63) is 59.4 Å². The fourth-order valence-electron chi connectivity index (χ4n) is 3.68. The number of hydrogen-bond acceptors (Lipinski definition) is 5. The van der Waals surface area contributed by atoms with Gasteiger partial charge >= 0.3 is 0 Å². The Morgan fingerprint density at radius 1 is 1.19 bits per heavy atom. The quantitative estimate of drug-likeness (QED) is 0.737. The van der Waals surface area contributed by atoms with E-state index in [2.05, 4.69) is 11.4 Å². The average molecular weight is 425 g/mol. The highest BCUT2D eigenvalue weighted by Crippen LogP contribution is 2.30. The summed E-state index contributed by atoms with van der Waals surface area (Å²) < 4.78 is 23.6. The summed E-state index contributed by atoms with van der Waals surface area (Å²) in [6.45, 7) is 0.464. The molecule has 0 radical (unpaired) electrons. The van der Waals surface area contributed by atoms with Crippen molar-refractivity contribution in [1.82, 2.24) is 10.2 Å². The van der Waals surface area contributed by atoms with Crippen LogP contribution in [0.25, 0.3) is 0 Å². The van der Waals surface area contributed by atoms with Crippen LogP contribution in [0.4, 0.5) is 4.39 Å². The molecule has 2 aromatic rings. The third-order valence-corrected chi connectivity index (χ3v) is 5.30. The van der Waals surface area contributed by atoms with Crippen LogP contribution in [-0.4, -0.2) is 43.5 Å². The van der Waals surface area contributed by atoms with Crippen LogP contribution >= 0.6 is 0 Å². The van der Waals surface area contributed by atoms with Gasteiger partial charge in [-0.1, -0.05) is 18.2 Å². The number of carbonyl (C=O) groups is 2. The summed E-state index contributed by atoms with van der Waals surface area (Å²) >= 11 is 0. The number of amides is 2. The lowest BCUT2D eigenvalue weighted by molar-refractivity contribution is -0.138. The van der Waals surface area contributed by atoms with E-state index in [0.717, 1.165) is 0 Å². The molecule has 0 aromatic heterocycles. The van der Waals surface area contributed by atoms with Gasteiger partial charge in [-0.2, -0.15) is 5.26 Å². The zero-order valence-electron chi connectivity index (χ0n) is 17.4. The van der Waals surface area contributed by atoms with Gasteiger partial charge in [-0.15, -0.1) is 0 Å². The Morgan fingerprint density at radius 3 is 2.55 bits per heavy atom. The predicted octanol–water partition coefficient (Wildman–Crippen LogP) is 2.76. The van der Waals surface area contributed by atoms with Crippen molar-refractivity contribution in [1.29, 1.82) is 5.26 Å². The molecule has 1 heterocycles. The molecule has 0 bridgehead atoms. The Kier molecular flexibility index (Phi) is 7.08. The first-order valence-corrected chi connectivity index (χ1v) is 9.92. The van der Waals surface area contributed by atoms with Gasteiger partial charge in [0.2, 0.25) is 11.8 Å². The molecule has 7 nitrogen and oxygen atoms in total. The zero-order valence-corrected chi connectivity index (χ0v) is 17.4. The second kappa shape index (κ2) is 9.94. The number of carbonyl (C=O) groups excluding carboxylic acids is 2. The van der Waals surface area contributed by atoms with Crippen LogP contribution < -0.4 is 14.8 Å². The van der Waals surface area contributed by atoms with Crippen LogP contribution in [0, 0.1) is 17.1 Å². The molecule has 1 fully saturated rings. The monoisotopic (exact) mass is 425 g/mol. The highest BCUT2D eigenvalue weighted by Gasteiger charge is 2.35. The van der Waals surface area contributed by atoms with Crippen LogP contribution in [0.15, 0.2) is 42.5 Å². The van der Waals surface area contributed by atoms with Gasteiger partial charge < -0.3 is 19.7 Å². The summed E-state index contributed by atoms with van der Waals surface area (Å²) in [5, 5.41) is 12.3. The zero-order chi connectivity index (χ0) is 22.4. The van der Waals surface area contributed by atoms with Crippen molar-refractivity contribution < 1.29 is 23.5 Å². The number of nitriles is 1. The first-order valence-electron chi connectivity index (χ1n) is 9.92. The lowest BCUT2D eigenvalue weighted by atomic mass is 10.1. The minimum absolute atomic E-state index is 0.0847. The third kappa shape index (κ3) is 5.12. The van der Waals surface area contributed by atoms with Gasteiger partial charge in [0.25, 0.3) is 0 Å². The smallest absolute Gasteiger partial charge is 0.244 e. The minimum Gasteiger partial charge on any atom is -0.493 e. The summed E-state index contributed by atoms with van der Waals surface area (Å²) in [5.41, 5.74) is 1.23. The fourth-order valence-corrected chi connectivity index (χ4v) is 3.68. The Balaban J connectivity index is 1.69. The topological polar surface area (TPSA) is 91.7 Å². The normalized spacial score (nSPS) is 16.3. The van der Waals surface area contributed by atoms with Gasteiger partial charge in [0.1, 0.15) is 17.9 Å². The molecule has 2 atom stereocenters. The molecule has 162 valence electrons. The summed E-state index contributed by atoms with van der Waals surface area (Å²) in [6.07, 6.45) is 1.30. The van der Waals surface area contributed by atoms with E-state index in [-0.39, 0.29) is 24.1 Å². The standard InChI is InChI=1S/C23H24FN3O4/c1-30-20-10-7-16(13-21(20)31-2)18(14-25)26-23(29)19-4-3-11-27(19)22(28)12-15-5-8-17(24)9-6-15/h5-10,13,18-19H,3-4,11-12H2,1-2H3,(H,26,29)/t18?,19-/m0/s1. The summed E-state index contributed by atoms with van der Waals surface area (Å²) in [5.74, 6) is 0.0107. The molecule has 1 saturated heterocycles. The van der Waals surface area contributed by atoms with E-state index >= 15 is 0 Å². The average Bonchev–Trinajstić information content (AvgIpc) is 3.28.